The van der Waals surface area contributed by atoms with Crippen molar-refractivity contribution in [3.63, 3.8) is 0 Å². The van der Waals surface area contributed by atoms with Gasteiger partial charge in [-0.25, -0.2) is 0 Å². The number of amides is 1. The van der Waals surface area contributed by atoms with Gasteiger partial charge in [0.2, 0.25) is 0 Å². The fourth-order valence-electron chi connectivity index (χ4n) is 3.58. The molecule has 0 saturated carbocycles. The molecule has 5 nitrogen and oxygen atoms in total. The van der Waals surface area contributed by atoms with Gasteiger partial charge in [-0.2, -0.15) is 0 Å². The molecule has 1 fully saturated rings. The van der Waals surface area contributed by atoms with Gasteiger partial charge in [-0.15, -0.1) is 22.7 Å². The molecule has 4 rings (SSSR count). The maximum absolute atomic E-state index is 12.7. The van der Waals surface area contributed by atoms with E-state index in [1.54, 1.807) is 11.3 Å². The van der Waals surface area contributed by atoms with Crippen LogP contribution in [0.3, 0.4) is 0 Å². The van der Waals surface area contributed by atoms with Crippen LogP contribution >= 0.6 is 22.7 Å². The summed E-state index contributed by atoms with van der Waals surface area (Å²) < 4.78 is 5.58. The van der Waals surface area contributed by atoms with Gasteiger partial charge in [0.05, 0.1) is 24.1 Å². The first kappa shape index (κ1) is 19.3. The van der Waals surface area contributed by atoms with Gasteiger partial charge in [-0.3, -0.25) is 14.7 Å². The van der Waals surface area contributed by atoms with Crippen molar-refractivity contribution in [3.8, 4) is 0 Å². The van der Waals surface area contributed by atoms with Crippen molar-refractivity contribution in [2.24, 2.45) is 0 Å². The summed E-state index contributed by atoms with van der Waals surface area (Å²) in [4.78, 5) is 21.3. The standard InChI is InChI=1S/C21H23N3O2S2/c1-14-15(2)28-21(23-20(25)17-4-3-13-27-17)18(14)19(16-5-7-22-8-6-16)24-9-11-26-12-10-24/h3-8,13,19H,9-12H2,1-2H3,(H,23,25)/t19-/m1/s1. The van der Waals surface area contributed by atoms with E-state index in [0.717, 1.165) is 36.2 Å². The second-order valence-electron chi connectivity index (χ2n) is 6.79. The first-order chi connectivity index (χ1) is 13.6. The molecular weight excluding hydrogens is 390 g/mol. The molecule has 0 unspecified atom stereocenters. The van der Waals surface area contributed by atoms with Crippen molar-refractivity contribution in [1.29, 1.82) is 0 Å². The van der Waals surface area contributed by atoms with Gasteiger partial charge in [0.15, 0.2) is 0 Å². The first-order valence-corrected chi connectivity index (χ1v) is 11.0. The summed E-state index contributed by atoms with van der Waals surface area (Å²) in [5, 5.41) is 6.04. The third-order valence-corrected chi connectivity index (χ3v) is 7.12. The SMILES string of the molecule is Cc1sc(NC(=O)c2cccs2)c([C@@H](c2ccncc2)N2CCOCC2)c1C. The van der Waals surface area contributed by atoms with Gasteiger partial charge in [-0.05, 0) is 48.6 Å². The molecule has 3 aromatic heterocycles. The second-order valence-corrected chi connectivity index (χ2v) is 8.96. The van der Waals surface area contributed by atoms with E-state index in [-0.39, 0.29) is 11.9 Å². The van der Waals surface area contributed by atoms with Crippen LogP contribution in [0.4, 0.5) is 5.00 Å². The molecule has 0 aromatic carbocycles. The second kappa shape index (κ2) is 8.53. The average Bonchev–Trinajstić information content (AvgIpc) is 3.35. The Labute approximate surface area is 173 Å². The van der Waals surface area contributed by atoms with E-state index >= 15 is 0 Å². The molecule has 28 heavy (non-hydrogen) atoms. The lowest BCUT2D eigenvalue weighted by Crippen LogP contribution is -2.39. The summed E-state index contributed by atoms with van der Waals surface area (Å²) >= 11 is 3.11. The van der Waals surface area contributed by atoms with E-state index < -0.39 is 0 Å². The number of aromatic nitrogens is 1. The number of aryl methyl sites for hydroxylation is 1. The van der Waals surface area contributed by atoms with Gasteiger partial charge >= 0.3 is 0 Å². The predicted molar refractivity (Wildman–Crippen MR) is 115 cm³/mol. The molecule has 0 spiro atoms. The van der Waals surface area contributed by atoms with Crippen LogP contribution in [0.2, 0.25) is 0 Å². The summed E-state index contributed by atoms with van der Waals surface area (Å²) in [7, 11) is 0. The number of thiophene rings is 2. The Kier molecular flexibility index (Phi) is 5.87. The van der Waals surface area contributed by atoms with E-state index in [1.807, 2.05) is 29.9 Å². The quantitative estimate of drug-likeness (QED) is 0.669. The van der Waals surface area contributed by atoms with E-state index in [2.05, 4.69) is 41.2 Å². The van der Waals surface area contributed by atoms with Crippen molar-refractivity contribution in [2.45, 2.75) is 19.9 Å². The number of morpholine rings is 1. The first-order valence-electron chi connectivity index (χ1n) is 9.31. The normalized spacial score (nSPS) is 16.1. The van der Waals surface area contributed by atoms with Crippen LogP contribution in [0.5, 0.6) is 0 Å². The predicted octanol–water partition coefficient (Wildman–Crippen LogP) is 4.50. The number of rotatable bonds is 5. The Morgan fingerprint density at radius 3 is 2.64 bits per heavy atom. The van der Waals surface area contributed by atoms with Crippen LogP contribution in [0.15, 0.2) is 42.0 Å². The summed E-state index contributed by atoms with van der Waals surface area (Å²) in [6.07, 6.45) is 3.67. The molecular formula is C21H23N3O2S2. The molecule has 1 aliphatic rings. The molecule has 0 aliphatic carbocycles. The lowest BCUT2D eigenvalue weighted by Gasteiger charge is -2.35. The number of carbonyl (C=O) groups is 1. The van der Waals surface area contributed by atoms with E-state index in [9.17, 15) is 4.79 Å². The largest absolute Gasteiger partial charge is 0.379 e. The van der Waals surface area contributed by atoms with E-state index in [0.29, 0.717) is 0 Å². The number of ether oxygens (including phenoxy) is 1. The summed E-state index contributed by atoms with van der Waals surface area (Å²) in [5.41, 5.74) is 3.60. The molecule has 146 valence electrons. The molecule has 1 amide bonds. The number of nitrogens with zero attached hydrogens (tertiary/aromatic N) is 2. The highest BCUT2D eigenvalue weighted by atomic mass is 32.1. The smallest absolute Gasteiger partial charge is 0.266 e. The topological polar surface area (TPSA) is 54.5 Å². The van der Waals surface area contributed by atoms with Crippen molar-refractivity contribution in [1.82, 2.24) is 9.88 Å². The molecule has 1 aliphatic heterocycles. The van der Waals surface area contributed by atoms with Crippen molar-refractivity contribution in [2.75, 3.05) is 31.6 Å². The molecule has 0 bridgehead atoms. The fraction of sp³-hybridized carbons (Fsp3) is 0.333. The van der Waals surface area contributed by atoms with Crippen LogP contribution in [0.1, 0.15) is 37.3 Å². The highest BCUT2D eigenvalue weighted by Gasteiger charge is 2.30. The van der Waals surface area contributed by atoms with Gasteiger partial charge < -0.3 is 10.1 Å². The highest BCUT2D eigenvalue weighted by Crippen LogP contribution is 2.42. The lowest BCUT2D eigenvalue weighted by molar-refractivity contribution is 0.0240. The third-order valence-electron chi connectivity index (χ3n) is 5.11. The van der Waals surface area contributed by atoms with Crippen LogP contribution in [0.25, 0.3) is 0 Å². The fourth-order valence-corrected chi connectivity index (χ4v) is 5.29. The highest BCUT2D eigenvalue weighted by molar-refractivity contribution is 7.17. The average molecular weight is 414 g/mol. The Bertz CT molecular complexity index is 932. The van der Waals surface area contributed by atoms with E-state index in [4.69, 9.17) is 4.74 Å². The molecule has 3 aromatic rings. The molecule has 1 N–H and O–H groups in total. The number of hydrogen-bond donors (Lipinski definition) is 1. The van der Waals surface area contributed by atoms with Crippen molar-refractivity contribution in [3.05, 3.63) is 68.5 Å². The number of carbonyl (C=O) groups excluding carboxylic acids is 1. The molecule has 1 saturated heterocycles. The Morgan fingerprint density at radius 2 is 1.96 bits per heavy atom. The summed E-state index contributed by atoms with van der Waals surface area (Å²) in [5.74, 6) is -0.0482. The molecule has 4 heterocycles. The number of anilines is 1. The molecule has 0 radical (unpaired) electrons. The summed E-state index contributed by atoms with van der Waals surface area (Å²) in [6, 6.07) is 7.96. The Hall–Kier alpha value is -2.06. The van der Waals surface area contributed by atoms with Crippen molar-refractivity contribution < 1.29 is 9.53 Å². The lowest BCUT2D eigenvalue weighted by atomic mass is 9.95. The monoisotopic (exact) mass is 413 g/mol. The maximum atomic E-state index is 12.7. The maximum Gasteiger partial charge on any atom is 0.266 e. The summed E-state index contributed by atoms with van der Waals surface area (Å²) in [6.45, 7) is 7.43. The zero-order valence-electron chi connectivity index (χ0n) is 16.0. The molecule has 7 heteroatoms. The van der Waals surface area contributed by atoms with Gasteiger partial charge in [0.25, 0.3) is 5.91 Å². The molecule has 1 atom stereocenters. The van der Waals surface area contributed by atoms with Gasteiger partial charge in [0, 0.05) is 35.9 Å². The third kappa shape index (κ3) is 3.89. The number of pyridine rings is 1. The number of nitrogens with one attached hydrogen (secondary N) is 1. The van der Waals surface area contributed by atoms with Crippen LogP contribution in [-0.4, -0.2) is 42.1 Å². The van der Waals surface area contributed by atoms with Gasteiger partial charge in [0.1, 0.15) is 5.00 Å². The number of hydrogen-bond acceptors (Lipinski definition) is 6. The Morgan fingerprint density at radius 1 is 1.21 bits per heavy atom. The zero-order chi connectivity index (χ0) is 19.5. The van der Waals surface area contributed by atoms with Crippen LogP contribution < -0.4 is 5.32 Å². The minimum Gasteiger partial charge on any atom is -0.379 e. The minimum atomic E-state index is -0.0482. The van der Waals surface area contributed by atoms with Crippen LogP contribution in [-0.2, 0) is 4.74 Å². The van der Waals surface area contributed by atoms with Crippen LogP contribution in [0, 0.1) is 13.8 Å². The zero-order valence-corrected chi connectivity index (χ0v) is 17.6. The van der Waals surface area contributed by atoms with Gasteiger partial charge in [-0.1, -0.05) is 6.07 Å². The Balaban J connectivity index is 1.76. The minimum absolute atomic E-state index is 0.0482. The van der Waals surface area contributed by atoms with E-state index in [1.165, 1.54) is 32.9 Å². The van der Waals surface area contributed by atoms with Crippen molar-refractivity contribution >= 4 is 33.6 Å².